The zero-order valence-electron chi connectivity index (χ0n) is 40.9. The smallest absolute Gasteiger partial charge is 0.311 e. The highest BCUT2D eigenvalue weighted by molar-refractivity contribution is 7.80. The van der Waals surface area contributed by atoms with Gasteiger partial charge in [0.2, 0.25) is 0 Å². The first-order valence-corrected chi connectivity index (χ1v) is 23.7. The third kappa shape index (κ3) is 14.0. The van der Waals surface area contributed by atoms with Crippen molar-refractivity contribution in [2.45, 2.75) is 192 Å². The molecule has 16 nitrogen and oxygen atoms in total. The number of carbonyl (C=O) groups is 1. The van der Waals surface area contributed by atoms with Gasteiger partial charge < -0.3 is 69.5 Å². The third-order valence-electron chi connectivity index (χ3n) is 14.0. The summed E-state index contributed by atoms with van der Waals surface area (Å²) in [5.41, 5.74) is -3.98. The quantitative estimate of drug-likeness (QED) is 0.0906. The molecule has 3 aliphatic heterocycles. The summed E-state index contributed by atoms with van der Waals surface area (Å²) < 4.78 is 51.5. The Labute approximate surface area is 391 Å². The number of ether oxygens (including phenoxy) is 6. The monoisotopic (exact) mass is 945 g/mol. The zero-order chi connectivity index (χ0) is 48.8. The average molecular weight is 945 g/mol. The second-order valence-corrected chi connectivity index (χ2v) is 20.4. The average Bonchev–Trinajstić information content (AvgIpc) is 3.23. The summed E-state index contributed by atoms with van der Waals surface area (Å²) in [4.78, 5) is 18.5. The van der Waals surface area contributed by atoms with Crippen LogP contribution in [0, 0.1) is 23.6 Å². The minimum Gasteiger partial charge on any atom is -0.459 e. The highest BCUT2D eigenvalue weighted by Crippen LogP contribution is 2.40. The molecule has 7 N–H and O–H groups in total. The molecule has 374 valence electrons. The molecule has 1 aromatic carbocycles. The van der Waals surface area contributed by atoms with Gasteiger partial charge >= 0.3 is 5.97 Å². The molecule has 0 aliphatic carbocycles. The van der Waals surface area contributed by atoms with E-state index in [0.29, 0.717) is 43.3 Å². The van der Waals surface area contributed by atoms with Crippen LogP contribution >= 0.6 is 12.2 Å². The number of cyclic esters (lactones) is 1. The molecule has 0 unspecified atom stereocenters. The number of esters is 1. The molecule has 4 rings (SSSR count). The number of hydrogen-bond acceptors (Lipinski definition) is 15. The van der Waals surface area contributed by atoms with E-state index in [1.807, 2.05) is 51.6 Å². The molecular formula is C47H81FN4O12S. The summed E-state index contributed by atoms with van der Waals surface area (Å²) in [5, 5.41) is 66.4. The van der Waals surface area contributed by atoms with E-state index in [4.69, 9.17) is 40.6 Å². The number of benzene rings is 1. The summed E-state index contributed by atoms with van der Waals surface area (Å²) in [6, 6.07) is 4.87. The van der Waals surface area contributed by atoms with Crippen LogP contribution in [0.1, 0.15) is 101 Å². The number of nitrogens with one attached hydrogen (secondary N) is 2. The Morgan fingerprint density at radius 2 is 1.63 bits per heavy atom. The molecule has 0 aromatic heterocycles. The maximum atomic E-state index is 14.5. The summed E-state index contributed by atoms with van der Waals surface area (Å²) in [7, 11) is 5.25. The van der Waals surface area contributed by atoms with Gasteiger partial charge in [-0.05, 0) is 131 Å². The Morgan fingerprint density at radius 3 is 2.23 bits per heavy atom. The van der Waals surface area contributed by atoms with Crippen LogP contribution in [0.15, 0.2) is 24.3 Å². The van der Waals surface area contributed by atoms with Crippen LogP contribution in [0.5, 0.6) is 0 Å². The van der Waals surface area contributed by atoms with Crippen molar-refractivity contribution < 1.29 is 63.1 Å². The molecule has 1 aromatic rings. The van der Waals surface area contributed by atoms with E-state index in [1.165, 1.54) is 26.2 Å². The van der Waals surface area contributed by atoms with Crippen LogP contribution in [-0.2, 0) is 33.2 Å². The van der Waals surface area contributed by atoms with Gasteiger partial charge in [0.15, 0.2) is 17.7 Å². The molecule has 3 fully saturated rings. The molecule has 18 heteroatoms. The first kappa shape index (κ1) is 55.4. The van der Waals surface area contributed by atoms with E-state index in [9.17, 15) is 34.7 Å². The molecule has 0 radical (unpaired) electrons. The van der Waals surface area contributed by atoms with Crippen molar-refractivity contribution in [2.24, 2.45) is 17.8 Å². The van der Waals surface area contributed by atoms with Gasteiger partial charge in [0.05, 0.1) is 41.5 Å². The predicted octanol–water partition coefficient (Wildman–Crippen LogP) is 3.79. The van der Waals surface area contributed by atoms with Crippen LogP contribution in [0.4, 0.5) is 10.1 Å². The summed E-state index contributed by atoms with van der Waals surface area (Å²) in [6.07, 6.45) is -8.41. The molecule has 3 saturated heterocycles. The Bertz CT molecular complexity index is 1660. The molecule has 0 saturated carbocycles. The molecule has 3 aliphatic rings. The number of aliphatic hydroxyl groups excluding tert-OH is 3. The Balaban J connectivity index is 1.74. The first-order chi connectivity index (χ1) is 30.3. The van der Waals surface area contributed by atoms with Crippen molar-refractivity contribution in [3.63, 3.8) is 0 Å². The summed E-state index contributed by atoms with van der Waals surface area (Å²) in [6.45, 7) is 18.8. The largest absolute Gasteiger partial charge is 0.459 e. The third-order valence-corrected chi connectivity index (χ3v) is 14.3. The lowest BCUT2D eigenvalue weighted by Gasteiger charge is -2.48. The van der Waals surface area contributed by atoms with Crippen molar-refractivity contribution in [3.05, 3.63) is 30.1 Å². The van der Waals surface area contributed by atoms with E-state index in [-0.39, 0.29) is 43.1 Å². The number of anilines is 1. The van der Waals surface area contributed by atoms with E-state index < -0.39 is 96.0 Å². The highest BCUT2D eigenvalue weighted by atomic mass is 32.1. The summed E-state index contributed by atoms with van der Waals surface area (Å²) >= 11 is 5.48. The fraction of sp³-hybridized carbons (Fsp3) is 0.830. The van der Waals surface area contributed by atoms with Crippen LogP contribution in [0.2, 0.25) is 0 Å². The van der Waals surface area contributed by atoms with E-state index in [0.717, 1.165) is 0 Å². The van der Waals surface area contributed by atoms with Crippen molar-refractivity contribution in [1.82, 2.24) is 15.1 Å². The SMILES string of the molecule is CC[C@H]1OC(=O)[C@H](C)[C@@H](O[C@H]2C[C@@](C)(OC)[C@@H](O)[C@H](C)O2)[C@H](C)[C@@H](O[C@@H]2O[C@H](C)C[C@H](N(C)C)[C@H]2O)[C@](C)(O)C[C@@H](C)CN(CCCNC(=S)Nc2ccc(F)cc2)[C@H](C)[C@@H](O)[C@]1(C)O. The molecule has 18 atom stereocenters. The normalized spacial score (nSPS) is 41.8. The minimum atomic E-state index is -1.91. The first-order valence-electron chi connectivity index (χ1n) is 23.3. The molecule has 65 heavy (non-hydrogen) atoms. The van der Waals surface area contributed by atoms with Gasteiger partial charge in [-0.3, -0.25) is 9.69 Å². The Morgan fingerprint density at radius 1 is 0.985 bits per heavy atom. The van der Waals surface area contributed by atoms with Gasteiger partial charge in [-0.25, -0.2) is 4.39 Å². The number of halogens is 1. The second-order valence-electron chi connectivity index (χ2n) is 20.0. The number of aliphatic hydroxyl groups is 5. The number of likely N-dealkylation sites (N-methyl/N-ethyl adjacent to an activating group) is 1. The number of hydrogen-bond donors (Lipinski definition) is 7. The van der Waals surface area contributed by atoms with Gasteiger partial charge in [0, 0.05) is 56.9 Å². The summed E-state index contributed by atoms with van der Waals surface area (Å²) in [5.74, 6) is -3.21. The van der Waals surface area contributed by atoms with Gasteiger partial charge in [-0.1, -0.05) is 20.8 Å². The zero-order valence-corrected chi connectivity index (χ0v) is 41.7. The number of rotatable bonds is 12. The van der Waals surface area contributed by atoms with Crippen molar-refractivity contribution in [1.29, 1.82) is 0 Å². The minimum absolute atomic E-state index is 0.101. The van der Waals surface area contributed by atoms with Crippen LogP contribution in [-0.4, -0.2) is 178 Å². The topological polar surface area (TPSA) is 204 Å². The molecule has 0 spiro atoms. The maximum Gasteiger partial charge on any atom is 0.311 e. The maximum absolute atomic E-state index is 14.5. The Kier molecular flexibility index (Phi) is 20.0. The van der Waals surface area contributed by atoms with Gasteiger partial charge in [-0.2, -0.15) is 0 Å². The fourth-order valence-corrected chi connectivity index (χ4v) is 10.3. The number of nitrogens with zero attached hydrogens (tertiary/aromatic N) is 2. The predicted molar refractivity (Wildman–Crippen MR) is 248 cm³/mol. The molecular weight excluding hydrogens is 864 g/mol. The van der Waals surface area contributed by atoms with E-state index >= 15 is 0 Å². The molecule has 0 amide bonds. The van der Waals surface area contributed by atoms with Crippen molar-refractivity contribution >= 4 is 29.0 Å². The van der Waals surface area contributed by atoms with E-state index in [2.05, 4.69) is 10.6 Å². The van der Waals surface area contributed by atoms with Crippen LogP contribution in [0.25, 0.3) is 0 Å². The van der Waals surface area contributed by atoms with Crippen molar-refractivity contribution in [3.8, 4) is 0 Å². The fourth-order valence-electron chi connectivity index (χ4n) is 10.1. The number of methoxy groups -OCH3 is 1. The van der Waals surface area contributed by atoms with Crippen LogP contribution < -0.4 is 10.6 Å². The van der Waals surface area contributed by atoms with Crippen molar-refractivity contribution in [2.75, 3.05) is 46.2 Å². The van der Waals surface area contributed by atoms with Gasteiger partial charge in [0.25, 0.3) is 0 Å². The standard InChI is InChI=1S/C47H81FN4O12S/c1-14-35-47(10,58)39(54)30(6)52(21-15-20-49-44(65)50-33-18-16-32(48)17-19-33)25-26(2)23-45(8,57)41(64-43-37(53)34(51(11)12)22-27(3)60-43)28(4)38(29(5)42(56)62-35)63-36-24-46(9,59-13)40(55)31(7)61-36/h16-19,26-31,34-41,43,53-55,57-58H,14-15,20-25H2,1-13H3,(H2,49,50,65)/t26-,27-,28+,29-,30-,31+,34+,35-,36+,37-,38+,39-,40+,41-,43+,45-,46-,47-/m1/s1. The van der Waals surface area contributed by atoms with Gasteiger partial charge in [-0.15, -0.1) is 0 Å². The van der Waals surface area contributed by atoms with E-state index in [1.54, 1.807) is 46.8 Å². The lowest BCUT2D eigenvalue weighted by Crippen LogP contribution is -2.60. The Hall–Kier alpha value is -2.17. The highest BCUT2D eigenvalue weighted by Gasteiger charge is 2.53. The van der Waals surface area contributed by atoms with Crippen LogP contribution in [0.3, 0.4) is 0 Å². The lowest BCUT2D eigenvalue weighted by atomic mass is 9.77. The molecule has 0 bridgehead atoms. The van der Waals surface area contributed by atoms with Gasteiger partial charge in [0.1, 0.15) is 35.8 Å². The molecule has 3 heterocycles. The number of carbonyl (C=O) groups excluding carboxylic acids is 1. The second kappa shape index (κ2) is 23.4. The number of thiocarbonyl (C=S) groups is 1. The lowest BCUT2D eigenvalue weighted by molar-refractivity contribution is -0.318.